The average molecular weight is 268 g/mol. The molecule has 1 aliphatic rings. The third kappa shape index (κ3) is 3.74. The van der Waals surface area contributed by atoms with Crippen molar-refractivity contribution in [3.63, 3.8) is 0 Å². The molecule has 0 amide bonds. The highest BCUT2D eigenvalue weighted by Crippen LogP contribution is 2.20. The van der Waals surface area contributed by atoms with Crippen LogP contribution in [0, 0.1) is 17.6 Å². The van der Waals surface area contributed by atoms with Crippen LogP contribution in [0.3, 0.4) is 0 Å². The smallest absolute Gasteiger partial charge is 0.130 e. The SMILES string of the molecule is CCNC1CCN(Cc2ccc(F)cc2F)CC1C. The van der Waals surface area contributed by atoms with Crippen LogP contribution >= 0.6 is 0 Å². The molecule has 19 heavy (non-hydrogen) atoms. The van der Waals surface area contributed by atoms with Crippen LogP contribution in [0.5, 0.6) is 0 Å². The lowest BCUT2D eigenvalue weighted by Gasteiger charge is -2.37. The molecule has 0 aliphatic carbocycles. The Morgan fingerprint density at radius 1 is 1.37 bits per heavy atom. The molecule has 2 rings (SSSR count). The Morgan fingerprint density at radius 3 is 2.79 bits per heavy atom. The van der Waals surface area contributed by atoms with Crippen LogP contribution in [0.4, 0.5) is 8.78 Å². The largest absolute Gasteiger partial charge is 0.314 e. The Kier molecular flexibility index (Phi) is 4.88. The van der Waals surface area contributed by atoms with Crippen molar-refractivity contribution in [3.8, 4) is 0 Å². The second-order valence-electron chi connectivity index (χ2n) is 5.40. The van der Waals surface area contributed by atoms with Gasteiger partial charge in [0.25, 0.3) is 0 Å². The second-order valence-corrected chi connectivity index (χ2v) is 5.40. The van der Waals surface area contributed by atoms with Crippen molar-refractivity contribution in [1.29, 1.82) is 0 Å². The summed E-state index contributed by atoms with van der Waals surface area (Å²) >= 11 is 0. The highest BCUT2D eigenvalue weighted by Gasteiger charge is 2.25. The number of hydrogen-bond acceptors (Lipinski definition) is 2. The van der Waals surface area contributed by atoms with Gasteiger partial charge in [0.05, 0.1) is 0 Å². The van der Waals surface area contributed by atoms with Gasteiger partial charge in [-0.15, -0.1) is 0 Å². The van der Waals surface area contributed by atoms with Crippen molar-refractivity contribution in [3.05, 3.63) is 35.4 Å². The minimum Gasteiger partial charge on any atom is -0.314 e. The monoisotopic (exact) mass is 268 g/mol. The van der Waals surface area contributed by atoms with E-state index >= 15 is 0 Å². The lowest BCUT2D eigenvalue weighted by atomic mass is 9.93. The molecule has 0 aromatic heterocycles. The number of benzene rings is 1. The van der Waals surface area contributed by atoms with Gasteiger partial charge in [-0.3, -0.25) is 4.90 Å². The van der Waals surface area contributed by atoms with Crippen LogP contribution in [0.25, 0.3) is 0 Å². The number of rotatable bonds is 4. The van der Waals surface area contributed by atoms with Gasteiger partial charge in [-0.1, -0.05) is 19.9 Å². The average Bonchev–Trinajstić information content (AvgIpc) is 2.36. The molecular weight excluding hydrogens is 246 g/mol. The highest BCUT2D eigenvalue weighted by molar-refractivity contribution is 5.18. The van der Waals surface area contributed by atoms with Crippen molar-refractivity contribution in [2.45, 2.75) is 32.9 Å². The standard InChI is InChI=1S/C15H22F2N2/c1-3-18-15-6-7-19(9-11(15)2)10-12-4-5-13(16)8-14(12)17/h4-5,8,11,15,18H,3,6-7,9-10H2,1-2H3. The van der Waals surface area contributed by atoms with Crippen molar-refractivity contribution in [2.24, 2.45) is 5.92 Å². The van der Waals surface area contributed by atoms with Gasteiger partial charge < -0.3 is 5.32 Å². The quantitative estimate of drug-likeness (QED) is 0.903. The van der Waals surface area contributed by atoms with Crippen molar-refractivity contribution in [1.82, 2.24) is 10.2 Å². The topological polar surface area (TPSA) is 15.3 Å². The molecule has 1 aromatic carbocycles. The zero-order valence-electron chi connectivity index (χ0n) is 11.6. The van der Waals surface area contributed by atoms with Crippen LogP contribution in [-0.2, 0) is 6.54 Å². The second kappa shape index (κ2) is 6.44. The van der Waals surface area contributed by atoms with Gasteiger partial charge in [0.1, 0.15) is 11.6 Å². The number of nitrogens with one attached hydrogen (secondary N) is 1. The normalized spacial score (nSPS) is 24.6. The minimum absolute atomic E-state index is 0.443. The summed E-state index contributed by atoms with van der Waals surface area (Å²) in [5.41, 5.74) is 0.579. The molecule has 2 unspecified atom stereocenters. The maximum atomic E-state index is 13.6. The van der Waals surface area contributed by atoms with Crippen LogP contribution in [0.1, 0.15) is 25.8 Å². The molecule has 0 radical (unpaired) electrons. The first-order valence-corrected chi connectivity index (χ1v) is 6.99. The summed E-state index contributed by atoms with van der Waals surface area (Å²) in [6.45, 7) is 7.80. The third-order valence-electron chi connectivity index (χ3n) is 3.86. The maximum absolute atomic E-state index is 13.6. The first-order chi connectivity index (χ1) is 9.10. The summed E-state index contributed by atoms with van der Waals surface area (Å²) in [5, 5.41) is 3.49. The molecule has 1 saturated heterocycles. The van der Waals surface area contributed by atoms with E-state index in [2.05, 4.69) is 24.1 Å². The Hall–Kier alpha value is -1.00. The van der Waals surface area contributed by atoms with Crippen LogP contribution in [0.15, 0.2) is 18.2 Å². The predicted octanol–water partition coefficient (Wildman–Crippen LogP) is 2.78. The maximum Gasteiger partial charge on any atom is 0.130 e. The molecule has 2 atom stereocenters. The molecule has 0 bridgehead atoms. The number of likely N-dealkylation sites (tertiary alicyclic amines) is 1. The van der Waals surface area contributed by atoms with E-state index in [9.17, 15) is 8.78 Å². The Labute approximate surface area is 113 Å². The Balaban J connectivity index is 1.94. The van der Waals surface area contributed by atoms with Gasteiger partial charge in [-0.25, -0.2) is 8.78 Å². The molecule has 0 saturated carbocycles. The van der Waals surface area contributed by atoms with Crippen molar-refractivity contribution in [2.75, 3.05) is 19.6 Å². The van der Waals surface area contributed by atoms with Gasteiger partial charge in [-0.05, 0) is 31.5 Å². The van der Waals surface area contributed by atoms with Gasteiger partial charge in [0, 0.05) is 30.8 Å². The summed E-state index contributed by atoms with van der Waals surface area (Å²) in [5.74, 6) is -0.404. The van der Waals surface area contributed by atoms with Crippen LogP contribution in [-0.4, -0.2) is 30.6 Å². The molecule has 1 N–H and O–H groups in total. The van der Waals surface area contributed by atoms with E-state index in [1.54, 1.807) is 6.07 Å². The Morgan fingerprint density at radius 2 is 2.16 bits per heavy atom. The lowest BCUT2D eigenvalue weighted by Crippen LogP contribution is -2.47. The molecule has 4 heteroatoms. The van der Waals surface area contributed by atoms with E-state index < -0.39 is 11.6 Å². The number of hydrogen-bond donors (Lipinski definition) is 1. The first kappa shape index (κ1) is 14.4. The minimum atomic E-state index is -0.513. The fourth-order valence-corrected chi connectivity index (χ4v) is 2.83. The van der Waals surface area contributed by atoms with Crippen LogP contribution < -0.4 is 5.32 Å². The zero-order chi connectivity index (χ0) is 13.8. The zero-order valence-corrected chi connectivity index (χ0v) is 11.6. The van der Waals surface area contributed by atoms with Crippen molar-refractivity contribution >= 4 is 0 Å². The number of halogens is 2. The first-order valence-electron chi connectivity index (χ1n) is 6.99. The fourth-order valence-electron chi connectivity index (χ4n) is 2.83. The number of piperidine rings is 1. The van der Waals surface area contributed by atoms with E-state index in [0.717, 1.165) is 32.1 Å². The molecular formula is C15H22F2N2. The van der Waals surface area contributed by atoms with Gasteiger partial charge in [0.15, 0.2) is 0 Å². The van der Waals surface area contributed by atoms with Crippen LogP contribution in [0.2, 0.25) is 0 Å². The predicted molar refractivity (Wildman–Crippen MR) is 72.9 cm³/mol. The molecule has 2 nitrogen and oxygen atoms in total. The molecule has 0 spiro atoms. The highest BCUT2D eigenvalue weighted by atomic mass is 19.1. The fraction of sp³-hybridized carbons (Fsp3) is 0.600. The molecule has 1 aromatic rings. The van der Waals surface area contributed by atoms with E-state index in [1.165, 1.54) is 6.07 Å². The van der Waals surface area contributed by atoms with E-state index in [0.29, 0.717) is 24.1 Å². The van der Waals surface area contributed by atoms with E-state index in [-0.39, 0.29) is 0 Å². The lowest BCUT2D eigenvalue weighted by molar-refractivity contribution is 0.140. The number of nitrogens with zero attached hydrogens (tertiary/aromatic N) is 1. The molecule has 1 fully saturated rings. The van der Waals surface area contributed by atoms with Gasteiger partial charge in [0.2, 0.25) is 0 Å². The molecule has 1 heterocycles. The van der Waals surface area contributed by atoms with E-state index in [1.807, 2.05) is 0 Å². The van der Waals surface area contributed by atoms with Gasteiger partial charge >= 0.3 is 0 Å². The Bertz CT molecular complexity index is 423. The summed E-state index contributed by atoms with van der Waals surface area (Å²) in [6, 6.07) is 4.39. The summed E-state index contributed by atoms with van der Waals surface area (Å²) in [4.78, 5) is 2.24. The summed E-state index contributed by atoms with van der Waals surface area (Å²) < 4.78 is 26.5. The molecule has 1 aliphatic heterocycles. The summed E-state index contributed by atoms with van der Waals surface area (Å²) in [6.07, 6.45) is 1.08. The van der Waals surface area contributed by atoms with E-state index in [4.69, 9.17) is 0 Å². The summed E-state index contributed by atoms with van der Waals surface area (Å²) in [7, 11) is 0. The third-order valence-corrected chi connectivity index (χ3v) is 3.86. The van der Waals surface area contributed by atoms with Crippen molar-refractivity contribution < 1.29 is 8.78 Å². The molecule has 106 valence electrons. The van der Waals surface area contributed by atoms with Gasteiger partial charge in [-0.2, -0.15) is 0 Å².